The van der Waals surface area contributed by atoms with Crippen molar-refractivity contribution in [2.75, 3.05) is 5.32 Å². The molecule has 0 saturated carbocycles. The number of amides is 1. The lowest BCUT2D eigenvalue weighted by Gasteiger charge is -2.11. The zero-order chi connectivity index (χ0) is 20.3. The highest BCUT2D eigenvalue weighted by Crippen LogP contribution is 2.23. The summed E-state index contributed by atoms with van der Waals surface area (Å²) in [7, 11) is 0. The lowest BCUT2D eigenvalue weighted by Crippen LogP contribution is -2.22. The fourth-order valence-corrected chi connectivity index (χ4v) is 3.25. The number of benzene rings is 2. The van der Waals surface area contributed by atoms with Crippen molar-refractivity contribution in [3.63, 3.8) is 0 Å². The highest BCUT2D eigenvalue weighted by atomic mass is 35.5. The predicted molar refractivity (Wildman–Crippen MR) is 115 cm³/mol. The fraction of sp³-hybridized carbons (Fsp3) is 0.182. The Morgan fingerprint density at radius 2 is 1.79 bits per heavy atom. The number of aryl methyl sites for hydroxylation is 2. The molecule has 28 heavy (non-hydrogen) atoms. The summed E-state index contributed by atoms with van der Waals surface area (Å²) in [6, 6.07) is 14.3. The summed E-state index contributed by atoms with van der Waals surface area (Å²) >= 11 is 12.0. The van der Waals surface area contributed by atoms with Gasteiger partial charge in [-0.05, 0) is 48.7 Å². The van der Waals surface area contributed by atoms with Crippen molar-refractivity contribution in [1.29, 1.82) is 0 Å². The Hall–Kier alpha value is -2.56. The molecule has 0 aliphatic carbocycles. The molecule has 0 radical (unpaired) electrons. The Bertz CT molecular complexity index is 1090. The lowest BCUT2D eigenvalue weighted by atomic mass is 10.0. The van der Waals surface area contributed by atoms with Gasteiger partial charge in [-0.2, -0.15) is 0 Å². The molecule has 0 atom stereocenters. The molecule has 0 unspecified atom stereocenters. The second-order valence-corrected chi connectivity index (χ2v) is 7.60. The van der Waals surface area contributed by atoms with Crippen LogP contribution >= 0.6 is 23.2 Å². The molecule has 1 amide bonds. The predicted octanol–water partition coefficient (Wildman–Crippen LogP) is 5.00. The SMILES string of the molecule is Cc1ccc(C)c(CC(=O)Nc2ccc(=O)n(Cc3ccc(Cl)c(Cl)c3)c2)c1. The highest BCUT2D eigenvalue weighted by Gasteiger charge is 2.09. The molecule has 0 spiro atoms. The van der Waals surface area contributed by atoms with Gasteiger partial charge in [-0.3, -0.25) is 9.59 Å². The van der Waals surface area contributed by atoms with Crippen LogP contribution in [0.15, 0.2) is 59.5 Å². The molecule has 1 N–H and O–H groups in total. The van der Waals surface area contributed by atoms with Gasteiger partial charge in [0.1, 0.15) is 0 Å². The number of nitrogens with zero attached hydrogens (tertiary/aromatic N) is 1. The molecule has 0 aliphatic heterocycles. The smallest absolute Gasteiger partial charge is 0.250 e. The Morgan fingerprint density at radius 3 is 2.54 bits per heavy atom. The molecule has 0 bridgehead atoms. The van der Waals surface area contributed by atoms with Gasteiger partial charge in [0, 0.05) is 12.3 Å². The second-order valence-electron chi connectivity index (χ2n) is 6.79. The molecule has 3 aromatic rings. The fourth-order valence-electron chi connectivity index (χ4n) is 2.93. The molecule has 1 aromatic heterocycles. The molecular formula is C22H20Cl2N2O2. The van der Waals surface area contributed by atoms with E-state index in [4.69, 9.17) is 23.2 Å². The number of carbonyl (C=O) groups excluding carboxylic acids is 1. The van der Waals surface area contributed by atoms with Crippen molar-refractivity contribution in [2.24, 2.45) is 0 Å². The van der Waals surface area contributed by atoms with Crippen LogP contribution in [0.4, 0.5) is 5.69 Å². The molecule has 0 aliphatic rings. The van der Waals surface area contributed by atoms with Crippen LogP contribution in [0.25, 0.3) is 0 Å². The third-order valence-corrected chi connectivity index (χ3v) is 5.20. The van der Waals surface area contributed by atoms with Gasteiger partial charge in [-0.15, -0.1) is 0 Å². The third-order valence-electron chi connectivity index (χ3n) is 4.46. The summed E-state index contributed by atoms with van der Waals surface area (Å²) in [6.07, 6.45) is 1.91. The van der Waals surface area contributed by atoms with E-state index >= 15 is 0 Å². The van der Waals surface area contributed by atoms with E-state index in [9.17, 15) is 9.59 Å². The number of hydrogen-bond donors (Lipinski definition) is 1. The molecular weight excluding hydrogens is 395 g/mol. The number of rotatable bonds is 5. The van der Waals surface area contributed by atoms with Gasteiger partial charge < -0.3 is 9.88 Å². The van der Waals surface area contributed by atoms with Crippen LogP contribution in [-0.2, 0) is 17.8 Å². The molecule has 0 fully saturated rings. The number of hydrogen-bond acceptors (Lipinski definition) is 2. The molecule has 4 nitrogen and oxygen atoms in total. The summed E-state index contributed by atoms with van der Waals surface area (Å²) in [6.45, 7) is 4.32. The normalized spacial score (nSPS) is 10.7. The van der Waals surface area contributed by atoms with Crippen molar-refractivity contribution in [1.82, 2.24) is 4.57 Å². The zero-order valence-corrected chi connectivity index (χ0v) is 17.1. The van der Waals surface area contributed by atoms with Crippen LogP contribution in [0.1, 0.15) is 22.3 Å². The number of halogens is 2. The average molecular weight is 415 g/mol. The lowest BCUT2D eigenvalue weighted by molar-refractivity contribution is -0.115. The van der Waals surface area contributed by atoms with Crippen LogP contribution in [-0.4, -0.2) is 10.5 Å². The van der Waals surface area contributed by atoms with E-state index in [1.165, 1.54) is 10.6 Å². The quantitative estimate of drug-likeness (QED) is 0.638. The first kappa shape index (κ1) is 20.2. The van der Waals surface area contributed by atoms with Crippen molar-refractivity contribution < 1.29 is 4.79 Å². The van der Waals surface area contributed by atoms with Gasteiger partial charge in [0.2, 0.25) is 5.91 Å². The van der Waals surface area contributed by atoms with Crippen molar-refractivity contribution in [2.45, 2.75) is 26.8 Å². The highest BCUT2D eigenvalue weighted by molar-refractivity contribution is 6.42. The average Bonchev–Trinajstić information content (AvgIpc) is 2.64. The summed E-state index contributed by atoms with van der Waals surface area (Å²) < 4.78 is 1.52. The van der Waals surface area contributed by atoms with E-state index < -0.39 is 0 Å². The maximum absolute atomic E-state index is 12.5. The number of nitrogens with one attached hydrogen (secondary N) is 1. The molecule has 2 aromatic carbocycles. The van der Waals surface area contributed by atoms with E-state index in [0.717, 1.165) is 22.3 Å². The monoisotopic (exact) mass is 414 g/mol. The van der Waals surface area contributed by atoms with Gasteiger partial charge in [-0.1, -0.05) is 53.0 Å². The number of aromatic nitrogens is 1. The van der Waals surface area contributed by atoms with Crippen LogP contribution < -0.4 is 10.9 Å². The molecule has 0 saturated heterocycles. The number of carbonyl (C=O) groups is 1. The minimum absolute atomic E-state index is 0.131. The van der Waals surface area contributed by atoms with E-state index in [-0.39, 0.29) is 17.9 Å². The first-order valence-corrected chi connectivity index (χ1v) is 9.58. The van der Waals surface area contributed by atoms with Gasteiger partial charge in [-0.25, -0.2) is 0 Å². The second kappa shape index (κ2) is 8.63. The summed E-state index contributed by atoms with van der Waals surface area (Å²) in [5.41, 5.74) is 4.42. The Labute approximate surface area is 173 Å². The van der Waals surface area contributed by atoms with Crippen molar-refractivity contribution in [3.8, 4) is 0 Å². The molecule has 1 heterocycles. The summed E-state index contributed by atoms with van der Waals surface area (Å²) in [5.74, 6) is -0.131. The van der Waals surface area contributed by atoms with Gasteiger partial charge in [0.25, 0.3) is 5.56 Å². The minimum Gasteiger partial charge on any atom is -0.324 e. The topological polar surface area (TPSA) is 51.1 Å². The summed E-state index contributed by atoms with van der Waals surface area (Å²) in [5, 5.41) is 3.76. The number of pyridine rings is 1. The van der Waals surface area contributed by atoms with Crippen LogP contribution in [0, 0.1) is 13.8 Å². The Balaban J connectivity index is 1.75. The molecule has 3 rings (SSSR count). The maximum atomic E-state index is 12.5. The molecule has 6 heteroatoms. The maximum Gasteiger partial charge on any atom is 0.250 e. The zero-order valence-electron chi connectivity index (χ0n) is 15.6. The van der Waals surface area contributed by atoms with Crippen LogP contribution in [0.2, 0.25) is 10.0 Å². The van der Waals surface area contributed by atoms with E-state index in [1.54, 1.807) is 24.4 Å². The van der Waals surface area contributed by atoms with Crippen LogP contribution in [0.3, 0.4) is 0 Å². The third kappa shape index (κ3) is 5.03. The van der Waals surface area contributed by atoms with Gasteiger partial charge in [0.15, 0.2) is 0 Å². The minimum atomic E-state index is -0.168. The van der Waals surface area contributed by atoms with Crippen molar-refractivity contribution >= 4 is 34.8 Å². The van der Waals surface area contributed by atoms with Crippen LogP contribution in [0.5, 0.6) is 0 Å². The van der Waals surface area contributed by atoms with E-state index in [1.807, 2.05) is 38.1 Å². The Morgan fingerprint density at radius 1 is 1.00 bits per heavy atom. The van der Waals surface area contributed by atoms with Gasteiger partial charge in [0.05, 0.1) is 28.7 Å². The first-order chi connectivity index (χ1) is 13.3. The standard InChI is InChI=1S/C22H20Cl2N2O2/c1-14-3-4-15(2)17(9-14)11-21(27)25-18-6-8-22(28)26(13-18)12-16-5-7-19(23)20(24)10-16/h3-10,13H,11-12H2,1-2H3,(H,25,27). The van der Waals surface area contributed by atoms with Crippen molar-refractivity contribution in [3.05, 3.63) is 97.4 Å². The van der Waals surface area contributed by atoms with Gasteiger partial charge >= 0.3 is 0 Å². The largest absolute Gasteiger partial charge is 0.324 e. The van der Waals surface area contributed by atoms with E-state index in [0.29, 0.717) is 22.3 Å². The van der Waals surface area contributed by atoms with E-state index in [2.05, 4.69) is 5.32 Å². The Kier molecular flexibility index (Phi) is 6.22. The summed E-state index contributed by atoms with van der Waals surface area (Å²) in [4.78, 5) is 24.6. The number of anilines is 1. The molecule has 144 valence electrons. The first-order valence-electron chi connectivity index (χ1n) is 8.82.